The summed E-state index contributed by atoms with van der Waals surface area (Å²) in [5, 5.41) is 17.9. The lowest BCUT2D eigenvalue weighted by Crippen LogP contribution is -2.23. The number of ether oxygens (including phenoxy) is 1. The monoisotopic (exact) mass is 198 g/mol. The van der Waals surface area contributed by atoms with Gasteiger partial charge in [0, 0.05) is 6.61 Å². The summed E-state index contributed by atoms with van der Waals surface area (Å²) in [5.41, 5.74) is 1.06. The molecule has 1 aromatic rings. The first-order chi connectivity index (χ1) is 7.30. The van der Waals surface area contributed by atoms with E-state index < -0.39 is 5.41 Å². The smallest absolute Gasteiger partial charge is 0.108 e. The SMILES string of the molecule is N#Cc1ccc([C@@]2(C#N)CCOC2)cc1. The van der Waals surface area contributed by atoms with E-state index in [2.05, 4.69) is 12.1 Å². The molecule has 0 spiro atoms. The van der Waals surface area contributed by atoms with Crippen molar-refractivity contribution in [2.24, 2.45) is 0 Å². The maximum atomic E-state index is 9.20. The fourth-order valence-corrected chi connectivity index (χ4v) is 1.81. The standard InChI is InChI=1S/C12H10N2O/c13-7-10-1-3-11(4-2-10)12(8-14)5-6-15-9-12/h1-4H,5-6,9H2/t12-/m1/s1. The summed E-state index contributed by atoms with van der Waals surface area (Å²) >= 11 is 0. The fraction of sp³-hybridized carbons (Fsp3) is 0.333. The average Bonchev–Trinajstić information content (AvgIpc) is 2.79. The first-order valence-electron chi connectivity index (χ1n) is 4.80. The lowest BCUT2D eigenvalue weighted by atomic mass is 9.81. The molecular formula is C12H10N2O. The van der Waals surface area contributed by atoms with E-state index in [4.69, 9.17) is 10.00 Å². The number of nitrogens with zero attached hydrogens (tertiary/aromatic N) is 2. The van der Waals surface area contributed by atoms with E-state index in [9.17, 15) is 5.26 Å². The summed E-state index contributed by atoms with van der Waals surface area (Å²) in [5.74, 6) is 0. The Bertz CT molecular complexity index is 430. The van der Waals surface area contributed by atoms with Crippen LogP contribution in [0.3, 0.4) is 0 Å². The molecule has 0 N–H and O–H groups in total. The van der Waals surface area contributed by atoms with Gasteiger partial charge in [0.15, 0.2) is 0 Å². The number of hydrogen-bond acceptors (Lipinski definition) is 3. The normalized spacial score (nSPS) is 24.4. The van der Waals surface area contributed by atoms with Crippen LogP contribution in [0.5, 0.6) is 0 Å². The van der Waals surface area contributed by atoms with Crippen LogP contribution in [0.2, 0.25) is 0 Å². The molecule has 0 amide bonds. The van der Waals surface area contributed by atoms with Crippen molar-refractivity contribution in [1.29, 1.82) is 10.5 Å². The Kier molecular flexibility index (Phi) is 2.41. The highest BCUT2D eigenvalue weighted by atomic mass is 16.5. The van der Waals surface area contributed by atoms with Crippen LogP contribution in [-0.4, -0.2) is 13.2 Å². The molecule has 3 heteroatoms. The highest BCUT2D eigenvalue weighted by Gasteiger charge is 2.36. The van der Waals surface area contributed by atoms with Gasteiger partial charge in [-0.3, -0.25) is 0 Å². The van der Waals surface area contributed by atoms with Crippen molar-refractivity contribution in [3.8, 4) is 12.1 Å². The van der Waals surface area contributed by atoms with Crippen molar-refractivity contribution in [3.63, 3.8) is 0 Å². The van der Waals surface area contributed by atoms with Gasteiger partial charge in [-0.15, -0.1) is 0 Å². The van der Waals surface area contributed by atoms with Crippen molar-refractivity contribution < 1.29 is 4.74 Å². The fourth-order valence-electron chi connectivity index (χ4n) is 1.81. The first-order valence-corrected chi connectivity index (χ1v) is 4.80. The minimum absolute atomic E-state index is 0.454. The topological polar surface area (TPSA) is 56.8 Å². The van der Waals surface area contributed by atoms with E-state index in [1.807, 2.05) is 12.1 Å². The number of benzene rings is 1. The average molecular weight is 198 g/mol. The molecular weight excluding hydrogens is 188 g/mol. The molecule has 3 nitrogen and oxygen atoms in total. The molecule has 0 bridgehead atoms. The van der Waals surface area contributed by atoms with Gasteiger partial charge in [0.1, 0.15) is 5.41 Å². The first kappa shape index (κ1) is 9.71. The van der Waals surface area contributed by atoms with Crippen molar-refractivity contribution in [2.45, 2.75) is 11.8 Å². The third-order valence-electron chi connectivity index (χ3n) is 2.80. The Morgan fingerprint density at radius 1 is 1.20 bits per heavy atom. The molecule has 0 saturated carbocycles. The molecule has 1 heterocycles. The maximum absolute atomic E-state index is 9.20. The van der Waals surface area contributed by atoms with Gasteiger partial charge in [-0.05, 0) is 24.1 Å². The van der Waals surface area contributed by atoms with E-state index >= 15 is 0 Å². The second kappa shape index (κ2) is 3.73. The van der Waals surface area contributed by atoms with Gasteiger partial charge in [0.05, 0.1) is 24.3 Å². The minimum Gasteiger partial charge on any atom is -0.379 e. The van der Waals surface area contributed by atoms with Gasteiger partial charge in [-0.1, -0.05) is 12.1 Å². The molecule has 0 radical (unpaired) electrons. The highest BCUT2D eigenvalue weighted by Crippen LogP contribution is 2.32. The lowest BCUT2D eigenvalue weighted by molar-refractivity contribution is 0.186. The van der Waals surface area contributed by atoms with Crippen LogP contribution in [0.1, 0.15) is 17.5 Å². The van der Waals surface area contributed by atoms with Crippen LogP contribution in [-0.2, 0) is 10.2 Å². The molecule has 1 fully saturated rings. The minimum atomic E-state index is -0.506. The maximum Gasteiger partial charge on any atom is 0.108 e. The number of nitriles is 2. The summed E-state index contributed by atoms with van der Waals surface area (Å²) in [4.78, 5) is 0. The van der Waals surface area contributed by atoms with Crippen molar-refractivity contribution >= 4 is 0 Å². The zero-order valence-electron chi connectivity index (χ0n) is 8.23. The summed E-state index contributed by atoms with van der Waals surface area (Å²) in [6.07, 6.45) is 0.732. The second-order valence-electron chi connectivity index (χ2n) is 3.69. The van der Waals surface area contributed by atoms with E-state index in [1.54, 1.807) is 12.1 Å². The molecule has 0 unspecified atom stereocenters. The van der Waals surface area contributed by atoms with Crippen LogP contribution in [0.4, 0.5) is 0 Å². The molecule has 1 aromatic carbocycles. The van der Waals surface area contributed by atoms with Crippen molar-refractivity contribution in [3.05, 3.63) is 35.4 Å². The Morgan fingerprint density at radius 2 is 1.93 bits per heavy atom. The quantitative estimate of drug-likeness (QED) is 0.690. The van der Waals surface area contributed by atoms with Gasteiger partial charge in [0.2, 0.25) is 0 Å². The molecule has 1 aliphatic rings. The number of rotatable bonds is 1. The van der Waals surface area contributed by atoms with Crippen LogP contribution in [0.15, 0.2) is 24.3 Å². The molecule has 1 aliphatic heterocycles. The zero-order chi connectivity index (χ0) is 10.7. The van der Waals surface area contributed by atoms with Crippen molar-refractivity contribution in [1.82, 2.24) is 0 Å². The molecule has 74 valence electrons. The van der Waals surface area contributed by atoms with Gasteiger partial charge in [-0.25, -0.2) is 0 Å². The lowest BCUT2D eigenvalue weighted by Gasteiger charge is -2.18. The Morgan fingerprint density at radius 3 is 2.40 bits per heavy atom. The Labute approximate surface area is 88.5 Å². The molecule has 1 saturated heterocycles. The molecule has 2 rings (SSSR count). The summed E-state index contributed by atoms with van der Waals surface area (Å²) in [6.45, 7) is 1.09. The largest absolute Gasteiger partial charge is 0.379 e. The Balaban J connectivity index is 2.37. The predicted molar refractivity (Wildman–Crippen MR) is 53.9 cm³/mol. The molecule has 15 heavy (non-hydrogen) atoms. The number of hydrogen-bond donors (Lipinski definition) is 0. The van der Waals surface area contributed by atoms with E-state index in [0.717, 1.165) is 12.0 Å². The van der Waals surface area contributed by atoms with Crippen LogP contribution in [0.25, 0.3) is 0 Å². The summed E-state index contributed by atoms with van der Waals surface area (Å²) in [6, 6.07) is 11.6. The molecule has 0 aliphatic carbocycles. The van der Waals surface area contributed by atoms with Gasteiger partial charge in [-0.2, -0.15) is 10.5 Å². The van der Waals surface area contributed by atoms with Crippen LogP contribution in [0, 0.1) is 22.7 Å². The second-order valence-corrected chi connectivity index (χ2v) is 3.69. The van der Waals surface area contributed by atoms with E-state index in [0.29, 0.717) is 18.8 Å². The van der Waals surface area contributed by atoms with Gasteiger partial charge >= 0.3 is 0 Å². The third-order valence-corrected chi connectivity index (χ3v) is 2.80. The van der Waals surface area contributed by atoms with Gasteiger partial charge in [0.25, 0.3) is 0 Å². The van der Waals surface area contributed by atoms with Crippen LogP contribution < -0.4 is 0 Å². The summed E-state index contributed by atoms with van der Waals surface area (Å²) < 4.78 is 5.27. The van der Waals surface area contributed by atoms with Crippen molar-refractivity contribution in [2.75, 3.05) is 13.2 Å². The third kappa shape index (κ3) is 1.58. The van der Waals surface area contributed by atoms with Gasteiger partial charge < -0.3 is 4.74 Å². The zero-order valence-corrected chi connectivity index (χ0v) is 8.23. The molecule has 0 aromatic heterocycles. The predicted octanol–water partition coefficient (Wildman–Crippen LogP) is 1.74. The highest BCUT2D eigenvalue weighted by molar-refractivity contribution is 5.39. The van der Waals surface area contributed by atoms with Crippen LogP contribution >= 0.6 is 0 Å². The van der Waals surface area contributed by atoms with E-state index in [1.165, 1.54) is 0 Å². The summed E-state index contributed by atoms with van der Waals surface area (Å²) in [7, 11) is 0. The molecule has 1 atom stereocenters. The Hall–Kier alpha value is -1.84. The van der Waals surface area contributed by atoms with E-state index in [-0.39, 0.29) is 0 Å².